The van der Waals surface area contributed by atoms with Gasteiger partial charge in [0.15, 0.2) is 0 Å². The lowest BCUT2D eigenvalue weighted by atomic mass is 9.95. The largest absolute Gasteiger partial charge is 0.497 e. The lowest BCUT2D eigenvalue weighted by Crippen LogP contribution is -2.22. The fraction of sp³-hybridized carbons (Fsp3) is 0.200. The molecule has 2 amide bonds. The predicted octanol–water partition coefficient (Wildman–Crippen LogP) is 3.26. The summed E-state index contributed by atoms with van der Waals surface area (Å²) < 4.78 is 7.54. The molecule has 0 spiro atoms. The monoisotopic (exact) mass is 428 g/mol. The van der Waals surface area contributed by atoms with Crippen LogP contribution in [0, 0.1) is 0 Å². The molecular formula is C25H24N4O3. The number of ether oxygens (including phenoxy) is 1. The molecule has 5 rings (SSSR count). The van der Waals surface area contributed by atoms with Crippen LogP contribution in [0.4, 0.5) is 0 Å². The Labute approximate surface area is 185 Å². The topological polar surface area (TPSA) is 79.4 Å². The van der Waals surface area contributed by atoms with Crippen molar-refractivity contribution in [2.75, 3.05) is 27.7 Å². The van der Waals surface area contributed by atoms with Gasteiger partial charge < -0.3 is 19.2 Å². The Morgan fingerprint density at radius 1 is 0.969 bits per heavy atom. The number of carbonyl (C=O) groups excluding carboxylic acids is 2. The Balaban J connectivity index is 1.77. The van der Waals surface area contributed by atoms with E-state index in [2.05, 4.69) is 19.8 Å². The summed E-state index contributed by atoms with van der Waals surface area (Å²) in [7, 11) is 5.68. The Morgan fingerprint density at radius 2 is 1.72 bits per heavy atom. The number of hydrogen-bond acceptors (Lipinski definition) is 4. The average Bonchev–Trinajstić information content (AvgIpc) is 3.44. The van der Waals surface area contributed by atoms with E-state index in [4.69, 9.17) is 4.74 Å². The number of aromatic amines is 1. The van der Waals surface area contributed by atoms with Crippen LogP contribution in [0.3, 0.4) is 0 Å². The van der Waals surface area contributed by atoms with E-state index < -0.39 is 0 Å². The molecule has 3 heterocycles. The second-order valence-corrected chi connectivity index (χ2v) is 8.20. The number of aromatic nitrogens is 2. The van der Waals surface area contributed by atoms with Gasteiger partial charge in [0, 0.05) is 59.0 Å². The van der Waals surface area contributed by atoms with Crippen LogP contribution in [0.1, 0.15) is 11.1 Å². The first kappa shape index (κ1) is 20.1. The maximum Gasteiger partial charge on any atom is 0.259 e. The fourth-order valence-electron chi connectivity index (χ4n) is 4.34. The van der Waals surface area contributed by atoms with Gasteiger partial charge in [-0.2, -0.15) is 0 Å². The minimum atomic E-state index is -0.377. The van der Waals surface area contributed by atoms with E-state index in [1.54, 1.807) is 13.3 Å². The summed E-state index contributed by atoms with van der Waals surface area (Å²) in [6.07, 6.45) is 3.77. The van der Waals surface area contributed by atoms with Crippen LogP contribution in [0.2, 0.25) is 0 Å². The van der Waals surface area contributed by atoms with Crippen LogP contribution in [0.15, 0.2) is 54.9 Å². The Bertz CT molecular complexity index is 1410. The number of amides is 2. The number of imide groups is 1. The number of hydrogen-bond donors (Lipinski definition) is 2. The van der Waals surface area contributed by atoms with Crippen LogP contribution < -0.4 is 10.1 Å². The number of likely N-dealkylation sites (N-methyl/N-ethyl adjacent to an activating group) is 1. The Morgan fingerprint density at radius 3 is 2.47 bits per heavy atom. The molecule has 1 aliphatic rings. The molecule has 4 aromatic rings. The minimum absolute atomic E-state index is 0.377. The number of rotatable bonds is 6. The summed E-state index contributed by atoms with van der Waals surface area (Å²) in [5.74, 6) is -0.0127. The van der Waals surface area contributed by atoms with E-state index in [0.717, 1.165) is 51.8 Å². The number of methoxy groups -OCH3 is 1. The van der Waals surface area contributed by atoms with Crippen molar-refractivity contribution in [1.82, 2.24) is 19.8 Å². The molecule has 0 saturated carbocycles. The third-order valence-corrected chi connectivity index (χ3v) is 5.94. The maximum absolute atomic E-state index is 13.0. The first-order chi connectivity index (χ1) is 15.5. The van der Waals surface area contributed by atoms with Crippen LogP contribution in [0.25, 0.3) is 33.0 Å². The molecule has 32 heavy (non-hydrogen) atoms. The summed E-state index contributed by atoms with van der Waals surface area (Å²) >= 11 is 0. The molecule has 1 aliphatic heterocycles. The van der Waals surface area contributed by atoms with E-state index in [1.165, 1.54) is 0 Å². The summed E-state index contributed by atoms with van der Waals surface area (Å²) in [5.41, 5.74) is 4.14. The Kier molecular flexibility index (Phi) is 4.83. The van der Waals surface area contributed by atoms with E-state index in [0.29, 0.717) is 11.1 Å². The summed E-state index contributed by atoms with van der Waals surface area (Å²) in [5, 5.41) is 4.32. The third-order valence-electron chi connectivity index (χ3n) is 5.94. The van der Waals surface area contributed by atoms with Gasteiger partial charge in [-0.3, -0.25) is 14.9 Å². The SMILES string of the molecule is COc1ccc2c(C3=C(c4c[nH]c5ccccc45)C(=O)NC3=O)cn(CCN(C)C)c2c1. The van der Waals surface area contributed by atoms with Crippen molar-refractivity contribution >= 4 is 44.8 Å². The van der Waals surface area contributed by atoms with Crippen LogP contribution in [-0.2, 0) is 16.1 Å². The molecule has 2 N–H and O–H groups in total. The van der Waals surface area contributed by atoms with Crippen molar-refractivity contribution in [2.45, 2.75) is 6.54 Å². The van der Waals surface area contributed by atoms with E-state index in [9.17, 15) is 9.59 Å². The van der Waals surface area contributed by atoms with Gasteiger partial charge in [-0.25, -0.2) is 0 Å². The van der Waals surface area contributed by atoms with E-state index in [-0.39, 0.29) is 11.8 Å². The lowest BCUT2D eigenvalue weighted by molar-refractivity contribution is -0.122. The highest BCUT2D eigenvalue weighted by molar-refractivity contribution is 6.50. The number of nitrogens with one attached hydrogen (secondary N) is 2. The molecule has 0 fully saturated rings. The molecule has 0 radical (unpaired) electrons. The van der Waals surface area contributed by atoms with Crippen LogP contribution in [0.5, 0.6) is 5.75 Å². The van der Waals surface area contributed by atoms with Gasteiger partial charge in [0.25, 0.3) is 11.8 Å². The predicted molar refractivity (Wildman–Crippen MR) is 125 cm³/mol. The summed E-state index contributed by atoms with van der Waals surface area (Å²) in [4.78, 5) is 31.3. The number of fused-ring (bicyclic) bond motifs is 2. The molecule has 7 nitrogen and oxygen atoms in total. The molecule has 7 heteroatoms. The number of nitrogens with zero attached hydrogens (tertiary/aromatic N) is 2. The smallest absolute Gasteiger partial charge is 0.259 e. The maximum atomic E-state index is 13.0. The zero-order valence-corrected chi connectivity index (χ0v) is 18.2. The van der Waals surface area contributed by atoms with Crippen molar-refractivity contribution in [3.05, 3.63) is 66.0 Å². The molecule has 2 aromatic carbocycles. The number of carbonyl (C=O) groups is 2. The fourth-order valence-corrected chi connectivity index (χ4v) is 4.34. The molecule has 0 unspecified atom stereocenters. The quantitative estimate of drug-likeness (QED) is 0.462. The molecule has 2 aromatic heterocycles. The Hall–Kier alpha value is -3.84. The summed E-state index contributed by atoms with van der Waals surface area (Å²) in [6.45, 7) is 1.57. The first-order valence-corrected chi connectivity index (χ1v) is 10.5. The van der Waals surface area contributed by atoms with Gasteiger partial charge in [0.1, 0.15) is 5.75 Å². The molecule has 0 saturated heterocycles. The molecule has 162 valence electrons. The van der Waals surface area contributed by atoms with Crippen molar-refractivity contribution in [2.24, 2.45) is 0 Å². The normalized spacial score (nSPS) is 14.2. The first-order valence-electron chi connectivity index (χ1n) is 10.5. The number of para-hydroxylation sites is 1. The molecule has 0 atom stereocenters. The zero-order chi connectivity index (χ0) is 22.4. The van der Waals surface area contributed by atoms with Gasteiger partial charge in [-0.15, -0.1) is 0 Å². The number of H-pyrrole nitrogens is 1. The van der Waals surface area contributed by atoms with E-state index >= 15 is 0 Å². The average molecular weight is 428 g/mol. The standard InChI is InChI=1S/C25H24N4O3/c1-28(2)10-11-29-14-19(17-9-8-15(32-3)12-21(17)29)23-22(24(30)27-25(23)31)18-13-26-20-7-5-4-6-16(18)20/h4-9,12-14,26H,10-11H2,1-3H3,(H,27,30,31). The summed E-state index contributed by atoms with van der Waals surface area (Å²) in [6, 6.07) is 13.6. The van der Waals surface area contributed by atoms with Crippen LogP contribution >= 0.6 is 0 Å². The second kappa shape index (κ2) is 7.69. The highest BCUT2D eigenvalue weighted by Crippen LogP contribution is 2.39. The number of benzene rings is 2. The van der Waals surface area contributed by atoms with Crippen molar-refractivity contribution in [3.63, 3.8) is 0 Å². The second-order valence-electron chi connectivity index (χ2n) is 8.20. The van der Waals surface area contributed by atoms with Crippen molar-refractivity contribution < 1.29 is 14.3 Å². The highest BCUT2D eigenvalue weighted by Gasteiger charge is 2.35. The lowest BCUT2D eigenvalue weighted by Gasteiger charge is -2.11. The third kappa shape index (κ3) is 3.18. The zero-order valence-electron chi connectivity index (χ0n) is 18.2. The van der Waals surface area contributed by atoms with Crippen molar-refractivity contribution in [1.29, 1.82) is 0 Å². The van der Waals surface area contributed by atoms with Crippen LogP contribution in [-0.4, -0.2) is 54.0 Å². The van der Waals surface area contributed by atoms with Gasteiger partial charge >= 0.3 is 0 Å². The van der Waals surface area contributed by atoms with Gasteiger partial charge in [0.05, 0.1) is 23.8 Å². The molecule has 0 bridgehead atoms. The minimum Gasteiger partial charge on any atom is -0.497 e. The van der Waals surface area contributed by atoms with E-state index in [1.807, 2.05) is 62.8 Å². The van der Waals surface area contributed by atoms with Gasteiger partial charge in [0.2, 0.25) is 0 Å². The highest BCUT2D eigenvalue weighted by atomic mass is 16.5. The molecule has 0 aliphatic carbocycles. The van der Waals surface area contributed by atoms with Gasteiger partial charge in [-0.1, -0.05) is 18.2 Å². The van der Waals surface area contributed by atoms with Gasteiger partial charge in [-0.05, 0) is 32.3 Å². The molecular weight excluding hydrogens is 404 g/mol. The van der Waals surface area contributed by atoms with Crippen molar-refractivity contribution in [3.8, 4) is 5.75 Å².